The molecule has 0 amide bonds. The Morgan fingerprint density at radius 1 is 1.31 bits per heavy atom. The summed E-state index contributed by atoms with van der Waals surface area (Å²) in [6.45, 7) is 1.85. The van der Waals surface area contributed by atoms with E-state index in [1.54, 1.807) is 30.4 Å². The molecule has 1 saturated heterocycles. The Kier molecular flexibility index (Phi) is 4.98. The van der Waals surface area contributed by atoms with Crippen molar-refractivity contribution in [1.29, 1.82) is 0 Å². The highest BCUT2D eigenvalue weighted by Gasteiger charge is 2.37. The van der Waals surface area contributed by atoms with Crippen LogP contribution in [0.2, 0.25) is 0 Å². The second kappa shape index (κ2) is 7.24. The van der Waals surface area contributed by atoms with Crippen LogP contribution in [0.3, 0.4) is 0 Å². The quantitative estimate of drug-likeness (QED) is 0.815. The first kappa shape index (κ1) is 17.9. The van der Waals surface area contributed by atoms with Gasteiger partial charge in [0.1, 0.15) is 12.3 Å². The van der Waals surface area contributed by atoms with Gasteiger partial charge in [-0.3, -0.25) is 14.3 Å². The molecule has 3 atom stereocenters. The zero-order valence-electron chi connectivity index (χ0n) is 14.0. The normalized spacial score (nSPS) is 25.5. The molecular formula is C17H18N2O5S2. The Bertz CT molecular complexity index is 903. The molecule has 3 heterocycles. The molecule has 7 nitrogen and oxygen atoms in total. The van der Waals surface area contributed by atoms with Gasteiger partial charge in [0.2, 0.25) is 0 Å². The monoisotopic (exact) mass is 394 g/mol. The Morgan fingerprint density at radius 3 is 2.69 bits per heavy atom. The van der Waals surface area contributed by atoms with Crippen molar-refractivity contribution >= 4 is 23.5 Å². The lowest BCUT2D eigenvalue weighted by Crippen LogP contribution is -2.33. The summed E-state index contributed by atoms with van der Waals surface area (Å²) in [6, 6.07) is 8.09. The summed E-state index contributed by atoms with van der Waals surface area (Å²) in [6.07, 6.45) is -0.157. The number of aliphatic hydroxyl groups is 1. The van der Waals surface area contributed by atoms with Crippen molar-refractivity contribution in [3.63, 3.8) is 0 Å². The maximum Gasteiger partial charge on any atom is 0.330 e. The summed E-state index contributed by atoms with van der Waals surface area (Å²) in [5.41, 5.74) is -0.546. The molecule has 1 aromatic carbocycles. The number of benzene rings is 1. The van der Waals surface area contributed by atoms with Crippen molar-refractivity contribution in [3.05, 3.63) is 56.9 Å². The second-order valence-electron chi connectivity index (χ2n) is 6.22. The van der Waals surface area contributed by atoms with E-state index < -0.39 is 29.7 Å². The largest absolute Gasteiger partial charge is 0.390 e. The molecule has 0 saturated carbocycles. The molecule has 138 valence electrons. The van der Waals surface area contributed by atoms with Crippen LogP contribution < -0.4 is 11.2 Å². The van der Waals surface area contributed by atoms with Gasteiger partial charge in [-0.1, -0.05) is 35.7 Å². The van der Waals surface area contributed by atoms with E-state index in [0.29, 0.717) is 5.56 Å². The molecule has 0 unspecified atom stereocenters. The maximum absolute atomic E-state index is 12.0. The van der Waals surface area contributed by atoms with Crippen LogP contribution in [0.25, 0.3) is 0 Å². The van der Waals surface area contributed by atoms with E-state index in [9.17, 15) is 14.7 Å². The molecule has 2 N–H and O–H groups in total. The van der Waals surface area contributed by atoms with Crippen LogP contribution in [-0.2, 0) is 9.47 Å². The third-order valence-corrected chi connectivity index (χ3v) is 6.94. The number of aromatic nitrogens is 2. The standard InChI is InChI=1S/C17H18N2O5S2/c1-9-7-19(16(22)18-15(9)21)14-6-10(20)11(24-14)8-23-17-25-12-4-2-3-5-13(12)26-17/h2-5,7,10-11,14,17,20H,6,8H2,1H3,(H,18,21,22)/t10-,11+,14+/m0/s1. The van der Waals surface area contributed by atoms with Gasteiger partial charge in [-0.25, -0.2) is 4.79 Å². The van der Waals surface area contributed by atoms with Gasteiger partial charge < -0.3 is 14.6 Å². The number of nitrogens with zero attached hydrogens (tertiary/aromatic N) is 1. The number of fused-ring (bicyclic) bond motifs is 1. The zero-order chi connectivity index (χ0) is 18.3. The molecule has 1 aromatic heterocycles. The minimum absolute atomic E-state index is 0.0831. The number of ether oxygens (including phenoxy) is 2. The van der Waals surface area contributed by atoms with Crippen molar-refractivity contribution < 1.29 is 14.6 Å². The number of hydrogen-bond acceptors (Lipinski definition) is 7. The lowest BCUT2D eigenvalue weighted by Gasteiger charge is -2.18. The van der Waals surface area contributed by atoms with E-state index in [4.69, 9.17) is 9.47 Å². The number of aromatic amines is 1. The molecule has 9 heteroatoms. The van der Waals surface area contributed by atoms with E-state index in [-0.39, 0.29) is 17.8 Å². The van der Waals surface area contributed by atoms with Crippen LogP contribution in [-0.4, -0.2) is 38.2 Å². The van der Waals surface area contributed by atoms with E-state index in [1.807, 2.05) is 12.1 Å². The minimum atomic E-state index is -0.738. The van der Waals surface area contributed by atoms with Crippen LogP contribution in [0.4, 0.5) is 0 Å². The van der Waals surface area contributed by atoms with Crippen molar-refractivity contribution in [1.82, 2.24) is 9.55 Å². The Balaban J connectivity index is 1.38. The number of aryl methyl sites for hydroxylation is 1. The first-order chi connectivity index (χ1) is 12.5. The summed E-state index contributed by atoms with van der Waals surface area (Å²) < 4.78 is 12.9. The molecule has 2 aromatic rings. The van der Waals surface area contributed by atoms with Gasteiger partial charge >= 0.3 is 5.69 Å². The van der Waals surface area contributed by atoms with E-state index >= 15 is 0 Å². The number of H-pyrrole nitrogens is 1. The Morgan fingerprint density at radius 2 is 2.00 bits per heavy atom. The average molecular weight is 394 g/mol. The van der Waals surface area contributed by atoms with Gasteiger partial charge in [0, 0.05) is 28.0 Å². The molecule has 2 aliphatic rings. The van der Waals surface area contributed by atoms with Crippen molar-refractivity contribution in [2.75, 3.05) is 6.61 Å². The summed E-state index contributed by atoms with van der Waals surface area (Å²) in [5.74, 6) is 0. The highest BCUT2D eigenvalue weighted by Crippen LogP contribution is 2.48. The third-order valence-electron chi connectivity index (χ3n) is 4.35. The van der Waals surface area contributed by atoms with Crippen molar-refractivity contribution in [2.24, 2.45) is 0 Å². The van der Waals surface area contributed by atoms with E-state index in [1.165, 1.54) is 20.6 Å². The fourth-order valence-corrected chi connectivity index (χ4v) is 5.45. The van der Waals surface area contributed by atoms with Gasteiger partial charge in [0.15, 0.2) is 4.77 Å². The van der Waals surface area contributed by atoms with Gasteiger partial charge in [0.05, 0.1) is 12.7 Å². The van der Waals surface area contributed by atoms with Gasteiger partial charge in [-0.2, -0.15) is 0 Å². The van der Waals surface area contributed by atoms with Crippen molar-refractivity contribution in [3.8, 4) is 0 Å². The second-order valence-corrected chi connectivity index (χ2v) is 8.72. The number of nitrogens with one attached hydrogen (secondary N) is 1. The highest BCUT2D eigenvalue weighted by atomic mass is 32.2. The summed E-state index contributed by atoms with van der Waals surface area (Å²) in [4.78, 5) is 28.1. The minimum Gasteiger partial charge on any atom is -0.390 e. The fourth-order valence-electron chi connectivity index (χ4n) is 2.95. The molecule has 1 fully saturated rings. The molecule has 4 rings (SSSR count). The van der Waals surface area contributed by atoms with Crippen LogP contribution in [0, 0.1) is 6.92 Å². The molecule has 0 aliphatic carbocycles. The Hall–Kier alpha value is -1.52. The topological polar surface area (TPSA) is 93.6 Å². The van der Waals surface area contributed by atoms with E-state index in [0.717, 1.165) is 0 Å². The first-order valence-electron chi connectivity index (χ1n) is 8.21. The van der Waals surface area contributed by atoms with Gasteiger partial charge in [0.25, 0.3) is 5.56 Å². The van der Waals surface area contributed by atoms with Crippen LogP contribution in [0.1, 0.15) is 18.2 Å². The zero-order valence-corrected chi connectivity index (χ0v) is 15.6. The van der Waals surface area contributed by atoms with Gasteiger partial charge in [-0.15, -0.1) is 0 Å². The van der Waals surface area contributed by atoms with Crippen LogP contribution in [0.5, 0.6) is 0 Å². The van der Waals surface area contributed by atoms with E-state index in [2.05, 4.69) is 17.1 Å². The summed E-state index contributed by atoms with van der Waals surface area (Å²) in [5, 5.41) is 10.3. The predicted octanol–water partition coefficient (Wildman–Crippen LogP) is 1.69. The summed E-state index contributed by atoms with van der Waals surface area (Å²) in [7, 11) is 0. The average Bonchev–Trinajstić information content (AvgIpc) is 3.19. The number of rotatable bonds is 4. The lowest BCUT2D eigenvalue weighted by atomic mass is 10.2. The molecule has 0 bridgehead atoms. The number of aliphatic hydroxyl groups excluding tert-OH is 1. The smallest absolute Gasteiger partial charge is 0.330 e. The van der Waals surface area contributed by atoms with Crippen molar-refractivity contribution in [2.45, 2.75) is 46.3 Å². The molecule has 0 radical (unpaired) electrons. The number of thioether (sulfide) groups is 2. The highest BCUT2D eigenvalue weighted by molar-refractivity contribution is 8.19. The third kappa shape index (κ3) is 3.49. The molecular weight excluding hydrogens is 376 g/mol. The lowest BCUT2D eigenvalue weighted by molar-refractivity contribution is -0.0596. The maximum atomic E-state index is 12.0. The van der Waals surface area contributed by atoms with Crippen LogP contribution in [0.15, 0.2) is 49.8 Å². The molecule has 0 spiro atoms. The fraction of sp³-hybridized carbons (Fsp3) is 0.412. The van der Waals surface area contributed by atoms with Crippen LogP contribution >= 0.6 is 23.5 Å². The predicted molar refractivity (Wildman–Crippen MR) is 98.5 cm³/mol. The molecule has 2 aliphatic heterocycles. The number of hydrogen-bond donors (Lipinski definition) is 2. The summed E-state index contributed by atoms with van der Waals surface area (Å²) >= 11 is 3.27. The Labute approximate surface area is 157 Å². The molecule has 26 heavy (non-hydrogen) atoms. The first-order valence-corrected chi connectivity index (χ1v) is 9.97. The van der Waals surface area contributed by atoms with Gasteiger partial charge in [-0.05, 0) is 19.1 Å². The SMILES string of the molecule is Cc1cn([C@H]2C[C@H](O)[C@@H](COC3Sc4ccccc4S3)O2)c(=O)[nH]c1=O.